The summed E-state index contributed by atoms with van der Waals surface area (Å²) in [5.41, 5.74) is 7.18. The van der Waals surface area contributed by atoms with Gasteiger partial charge >= 0.3 is 6.18 Å². The van der Waals surface area contributed by atoms with E-state index in [2.05, 4.69) is 0 Å². The summed E-state index contributed by atoms with van der Waals surface area (Å²) >= 11 is 0. The molecule has 0 unspecified atom stereocenters. The molecule has 0 saturated heterocycles. The molecule has 0 aliphatic rings. The molecule has 0 spiro atoms. The predicted octanol–water partition coefficient (Wildman–Crippen LogP) is 4.18. The second kappa shape index (κ2) is 5.45. The summed E-state index contributed by atoms with van der Waals surface area (Å²) in [7, 11) is 0. The maximum atomic E-state index is 12.8. The van der Waals surface area contributed by atoms with Gasteiger partial charge in [0, 0.05) is 11.3 Å². The Morgan fingerprint density at radius 3 is 2.45 bits per heavy atom. The number of anilines is 1. The molecule has 0 radical (unpaired) electrons. The first-order chi connectivity index (χ1) is 9.38. The maximum absolute atomic E-state index is 12.8. The van der Waals surface area contributed by atoms with Gasteiger partial charge in [0.15, 0.2) is 0 Å². The Hall–Kier alpha value is -2.17. The highest BCUT2D eigenvalue weighted by atomic mass is 19.4. The van der Waals surface area contributed by atoms with Crippen LogP contribution in [-0.4, -0.2) is 0 Å². The molecule has 2 rings (SSSR count). The second-order valence-corrected chi connectivity index (χ2v) is 4.48. The molecule has 0 heterocycles. The summed E-state index contributed by atoms with van der Waals surface area (Å²) in [6, 6.07) is 10.5. The lowest BCUT2D eigenvalue weighted by molar-refractivity contribution is -0.139. The Bertz CT molecular complexity index is 608. The van der Waals surface area contributed by atoms with Gasteiger partial charge in [0.25, 0.3) is 0 Å². The summed E-state index contributed by atoms with van der Waals surface area (Å²) < 4.78 is 43.7. The van der Waals surface area contributed by atoms with Crippen molar-refractivity contribution in [1.29, 1.82) is 0 Å². The zero-order valence-corrected chi connectivity index (χ0v) is 10.9. The van der Waals surface area contributed by atoms with Gasteiger partial charge < -0.3 is 10.5 Å². The molecule has 0 amide bonds. The third-order valence-electron chi connectivity index (χ3n) is 2.88. The standard InChI is InChI=1S/C15H14F3NO/c1-10-6-7-11(13(19)8-10)9-20-14-5-3-2-4-12(14)15(16,17)18/h2-8H,9,19H2,1H3. The molecule has 0 aliphatic heterocycles. The molecule has 2 aromatic rings. The Morgan fingerprint density at radius 1 is 1.10 bits per heavy atom. The van der Waals surface area contributed by atoms with Gasteiger partial charge in [-0.2, -0.15) is 13.2 Å². The smallest absolute Gasteiger partial charge is 0.419 e. The molecular weight excluding hydrogens is 267 g/mol. The van der Waals surface area contributed by atoms with Crippen LogP contribution in [0, 0.1) is 6.92 Å². The van der Waals surface area contributed by atoms with Crippen molar-refractivity contribution >= 4 is 5.69 Å². The monoisotopic (exact) mass is 281 g/mol. The minimum Gasteiger partial charge on any atom is -0.488 e. The maximum Gasteiger partial charge on any atom is 0.419 e. The number of benzene rings is 2. The van der Waals surface area contributed by atoms with Crippen LogP contribution in [0.2, 0.25) is 0 Å². The molecule has 5 heteroatoms. The number of hydrogen-bond acceptors (Lipinski definition) is 2. The van der Waals surface area contributed by atoms with Gasteiger partial charge in [0.2, 0.25) is 0 Å². The number of para-hydroxylation sites is 1. The Kier molecular flexibility index (Phi) is 3.88. The first-order valence-corrected chi connectivity index (χ1v) is 6.02. The fourth-order valence-corrected chi connectivity index (χ4v) is 1.83. The number of ether oxygens (including phenoxy) is 1. The van der Waals surface area contributed by atoms with Crippen molar-refractivity contribution in [3.63, 3.8) is 0 Å². The number of nitrogens with two attached hydrogens (primary N) is 1. The van der Waals surface area contributed by atoms with Crippen LogP contribution in [-0.2, 0) is 12.8 Å². The highest BCUT2D eigenvalue weighted by Crippen LogP contribution is 2.36. The topological polar surface area (TPSA) is 35.2 Å². The number of nitrogen functional groups attached to an aromatic ring is 1. The highest BCUT2D eigenvalue weighted by Gasteiger charge is 2.33. The normalized spacial score (nSPS) is 11.4. The first-order valence-electron chi connectivity index (χ1n) is 6.02. The number of aryl methyl sites for hydroxylation is 1. The van der Waals surface area contributed by atoms with Gasteiger partial charge in [-0.1, -0.05) is 24.3 Å². The summed E-state index contributed by atoms with van der Waals surface area (Å²) in [4.78, 5) is 0. The molecule has 2 aromatic carbocycles. The Morgan fingerprint density at radius 2 is 1.80 bits per heavy atom. The van der Waals surface area contributed by atoms with E-state index in [1.54, 1.807) is 12.1 Å². The van der Waals surface area contributed by atoms with Crippen molar-refractivity contribution in [3.8, 4) is 5.75 Å². The SMILES string of the molecule is Cc1ccc(COc2ccccc2C(F)(F)F)c(N)c1. The first kappa shape index (κ1) is 14.2. The van der Waals surface area contributed by atoms with Gasteiger partial charge in [-0.15, -0.1) is 0 Å². The van der Waals surface area contributed by atoms with Gasteiger partial charge in [-0.05, 0) is 30.7 Å². The minimum atomic E-state index is -4.44. The molecule has 2 N–H and O–H groups in total. The summed E-state index contributed by atoms with van der Waals surface area (Å²) in [6.07, 6.45) is -4.44. The van der Waals surface area contributed by atoms with Crippen molar-refractivity contribution in [2.75, 3.05) is 5.73 Å². The Labute approximate surface area is 115 Å². The van der Waals surface area contributed by atoms with Gasteiger partial charge in [-0.25, -0.2) is 0 Å². The lowest BCUT2D eigenvalue weighted by Gasteiger charge is -2.14. The van der Waals surface area contributed by atoms with Gasteiger partial charge in [0.05, 0.1) is 5.56 Å². The molecule has 0 aromatic heterocycles. The van der Waals surface area contributed by atoms with E-state index in [0.717, 1.165) is 11.6 Å². The summed E-state index contributed by atoms with van der Waals surface area (Å²) in [6.45, 7) is 1.89. The summed E-state index contributed by atoms with van der Waals surface area (Å²) in [5, 5.41) is 0. The number of halogens is 3. The molecule has 0 saturated carbocycles. The quantitative estimate of drug-likeness (QED) is 0.857. The van der Waals surface area contributed by atoms with Gasteiger partial charge in [0.1, 0.15) is 12.4 Å². The third-order valence-corrected chi connectivity index (χ3v) is 2.88. The molecular formula is C15H14F3NO. The van der Waals surface area contributed by atoms with Crippen molar-refractivity contribution < 1.29 is 17.9 Å². The van der Waals surface area contributed by atoms with E-state index in [1.807, 2.05) is 13.0 Å². The zero-order chi connectivity index (χ0) is 14.8. The summed E-state index contributed by atoms with van der Waals surface area (Å²) in [5.74, 6) is -0.194. The highest BCUT2D eigenvalue weighted by molar-refractivity contribution is 5.49. The fourth-order valence-electron chi connectivity index (χ4n) is 1.83. The van der Waals surface area contributed by atoms with Crippen molar-refractivity contribution in [2.45, 2.75) is 19.7 Å². The molecule has 0 fully saturated rings. The van der Waals surface area contributed by atoms with Crippen LogP contribution in [0.5, 0.6) is 5.75 Å². The number of hydrogen-bond donors (Lipinski definition) is 1. The van der Waals surface area contributed by atoms with Crippen LogP contribution >= 0.6 is 0 Å². The molecule has 106 valence electrons. The van der Waals surface area contributed by atoms with E-state index in [9.17, 15) is 13.2 Å². The van der Waals surface area contributed by atoms with E-state index in [0.29, 0.717) is 11.3 Å². The van der Waals surface area contributed by atoms with Crippen LogP contribution in [0.3, 0.4) is 0 Å². The lowest BCUT2D eigenvalue weighted by atomic mass is 10.1. The average Bonchev–Trinajstić information content (AvgIpc) is 2.37. The Balaban J connectivity index is 2.19. The number of rotatable bonds is 3. The van der Waals surface area contributed by atoms with Crippen LogP contribution in [0.4, 0.5) is 18.9 Å². The van der Waals surface area contributed by atoms with E-state index >= 15 is 0 Å². The van der Waals surface area contributed by atoms with Crippen molar-refractivity contribution in [2.24, 2.45) is 0 Å². The van der Waals surface area contributed by atoms with Crippen LogP contribution in [0.25, 0.3) is 0 Å². The molecule has 20 heavy (non-hydrogen) atoms. The van der Waals surface area contributed by atoms with E-state index in [1.165, 1.54) is 18.2 Å². The molecule has 0 atom stereocenters. The fraction of sp³-hybridized carbons (Fsp3) is 0.200. The van der Waals surface area contributed by atoms with E-state index in [4.69, 9.17) is 10.5 Å². The largest absolute Gasteiger partial charge is 0.488 e. The molecule has 0 aliphatic carbocycles. The van der Waals surface area contributed by atoms with E-state index < -0.39 is 11.7 Å². The predicted molar refractivity (Wildman–Crippen MR) is 71.4 cm³/mol. The average molecular weight is 281 g/mol. The van der Waals surface area contributed by atoms with Crippen LogP contribution in [0.15, 0.2) is 42.5 Å². The molecule has 2 nitrogen and oxygen atoms in total. The lowest BCUT2D eigenvalue weighted by Crippen LogP contribution is -2.09. The van der Waals surface area contributed by atoms with Crippen molar-refractivity contribution in [1.82, 2.24) is 0 Å². The van der Waals surface area contributed by atoms with Gasteiger partial charge in [-0.3, -0.25) is 0 Å². The van der Waals surface area contributed by atoms with Crippen LogP contribution in [0.1, 0.15) is 16.7 Å². The van der Waals surface area contributed by atoms with Crippen molar-refractivity contribution in [3.05, 3.63) is 59.2 Å². The third kappa shape index (κ3) is 3.23. The molecule has 0 bridgehead atoms. The van der Waals surface area contributed by atoms with Crippen LogP contribution < -0.4 is 10.5 Å². The zero-order valence-electron chi connectivity index (χ0n) is 10.9. The van der Waals surface area contributed by atoms with E-state index in [-0.39, 0.29) is 12.4 Å². The minimum absolute atomic E-state index is 0.000787. The second-order valence-electron chi connectivity index (χ2n) is 4.48. The number of alkyl halides is 3.